The largest absolute Gasteiger partial charge is 0.481 e. The Hall–Kier alpha value is -1.38. The van der Waals surface area contributed by atoms with Gasteiger partial charge in [-0.2, -0.15) is 0 Å². The minimum absolute atomic E-state index is 0.0494. The van der Waals surface area contributed by atoms with Crippen LogP contribution in [0.15, 0.2) is 18.2 Å². The maximum atomic E-state index is 11.2. The van der Waals surface area contributed by atoms with Gasteiger partial charge in [0.05, 0.1) is 16.0 Å². The molecule has 1 unspecified atom stereocenters. The van der Waals surface area contributed by atoms with Gasteiger partial charge in [0, 0.05) is 28.8 Å². The molecule has 19 heavy (non-hydrogen) atoms. The van der Waals surface area contributed by atoms with Crippen molar-refractivity contribution >= 4 is 39.9 Å². The molecule has 1 aromatic carbocycles. The van der Waals surface area contributed by atoms with Gasteiger partial charge in [-0.15, -0.1) is 0 Å². The van der Waals surface area contributed by atoms with Crippen LogP contribution in [0.1, 0.15) is 13.3 Å². The molecule has 0 aliphatic carbocycles. The fourth-order valence-corrected chi connectivity index (χ4v) is 3.05. The van der Waals surface area contributed by atoms with Gasteiger partial charge in [0.15, 0.2) is 0 Å². The smallest absolute Gasteiger partial charge is 0.311 e. The summed E-state index contributed by atoms with van der Waals surface area (Å²) in [5.41, 5.74) is 0.162. The van der Waals surface area contributed by atoms with Crippen molar-refractivity contribution in [2.24, 2.45) is 5.41 Å². The molecule has 7 heteroatoms. The van der Waals surface area contributed by atoms with Crippen molar-refractivity contribution in [3.8, 4) is 0 Å². The molecule has 0 saturated carbocycles. The summed E-state index contributed by atoms with van der Waals surface area (Å²) in [6, 6.07) is 4.65. The van der Waals surface area contributed by atoms with Crippen molar-refractivity contribution in [3.63, 3.8) is 0 Å². The zero-order valence-corrected chi connectivity index (χ0v) is 12.5. The zero-order valence-electron chi connectivity index (χ0n) is 10.3. The molecule has 0 aromatic heterocycles. The number of nitro benzene ring substituents is 1. The molecule has 0 amide bonds. The number of hydrogen-bond acceptors (Lipinski definition) is 4. The topological polar surface area (TPSA) is 83.7 Å². The summed E-state index contributed by atoms with van der Waals surface area (Å²) in [5.74, 6) is -0.799. The first-order chi connectivity index (χ1) is 8.83. The third-order valence-electron chi connectivity index (χ3n) is 3.47. The lowest BCUT2D eigenvalue weighted by Crippen LogP contribution is -2.31. The second-order valence-electron chi connectivity index (χ2n) is 4.93. The number of nitrogens with zero attached hydrogens (tertiary/aromatic N) is 2. The Labute approximate surface area is 123 Å². The van der Waals surface area contributed by atoms with E-state index in [4.69, 9.17) is 0 Å². The van der Waals surface area contributed by atoms with E-state index >= 15 is 0 Å². The molecule has 102 valence electrons. The van der Waals surface area contributed by atoms with Crippen LogP contribution >= 0.6 is 22.6 Å². The zero-order chi connectivity index (χ0) is 14.2. The number of rotatable bonds is 3. The second-order valence-corrected chi connectivity index (χ2v) is 6.09. The van der Waals surface area contributed by atoms with Gasteiger partial charge in [-0.25, -0.2) is 0 Å². The van der Waals surface area contributed by atoms with Crippen molar-refractivity contribution in [1.29, 1.82) is 0 Å². The molecule has 1 aliphatic rings. The van der Waals surface area contributed by atoms with Crippen LogP contribution in [-0.4, -0.2) is 29.1 Å². The molecule has 1 heterocycles. The van der Waals surface area contributed by atoms with Crippen LogP contribution < -0.4 is 4.90 Å². The summed E-state index contributed by atoms with van der Waals surface area (Å²) in [6.07, 6.45) is 0.579. The van der Waals surface area contributed by atoms with Crippen molar-refractivity contribution in [3.05, 3.63) is 31.9 Å². The van der Waals surface area contributed by atoms with E-state index in [0.717, 1.165) is 9.26 Å². The van der Waals surface area contributed by atoms with Crippen molar-refractivity contribution in [2.75, 3.05) is 18.0 Å². The fraction of sp³-hybridized carbons (Fsp3) is 0.417. The summed E-state index contributed by atoms with van der Waals surface area (Å²) >= 11 is 2.04. The van der Waals surface area contributed by atoms with E-state index in [1.165, 1.54) is 12.1 Å². The standard InChI is InChI=1S/C12H13IN2O4/c1-12(11(16)17)4-5-14(7-12)10-3-2-8(15(18)19)6-9(10)13/h2-3,6H,4-5,7H2,1H3,(H,16,17). The Balaban J connectivity index is 2.25. The van der Waals surface area contributed by atoms with Gasteiger partial charge in [0.25, 0.3) is 5.69 Å². The Morgan fingerprint density at radius 3 is 2.74 bits per heavy atom. The summed E-state index contributed by atoms with van der Waals surface area (Å²) in [7, 11) is 0. The molecular weight excluding hydrogens is 363 g/mol. The van der Waals surface area contributed by atoms with E-state index in [9.17, 15) is 20.0 Å². The molecule has 1 fully saturated rings. The molecule has 1 aromatic rings. The molecular formula is C12H13IN2O4. The molecule has 1 aliphatic heterocycles. The normalized spacial score (nSPS) is 22.5. The summed E-state index contributed by atoms with van der Waals surface area (Å²) in [6.45, 7) is 2.81. The van der Waals surface area contributed by atoms with E-state index in [-0.39, 0.29) is 5.69 Å². The highest BCUT2D eigenvalue weighted by atomic mass is 127. The number of carboxylic acids is 1. The van der Waals surface area contributed by atoms with Gasteiger partial charge >= 0.3 is 5.97 Å². The van der Waals surface area contributed by atoms with E-state index in [1.54, 1.807) is 13.0 Å². The van der Waals surface area contributed by atoms with Gasteiger partial charge in [-0.05, 0) is 42.0 Å². The number of halogens is 1. The number of carboxylic acid groups (broad SMARTS) is 1. The first kappa shape index (κ1) is 14.0. The molecule has 1 N–H and O–H groups in total. The van der Waals surface area contributed by atoms with Crippen LogP contribution in [-0.2, 0) is 4.79 Å². The van der Waals surface area contributed by atoms with Crippen molar-refractivity contribution in [1.82, 2.24) is 0 Å². The molecule has 1 atom stereocenters. The van der Waals surface area contributed by atoms with Crippen LogP contribution in [0.4, 0.5) is 11.4 Å². The maximum Gasteiger partial charge on any atom is 0.311 e. The summed E-state index contributed by atoms with van der Waals surface area (Å²) < 4.78 is 0.765. The maximum absolute atomic E-state index is 11.2. The van der Waals surface area contributed by atoms with E-state index in [1.807, 2.05) is 27.5 Å². The molecule has 1 saturated heterocycles. The fourth-order valence-electron chi connectivity index (χ4n) is 2.21. The number of nitro groups is 1. The Bertz CT molecular complexity index is 549. The first-order valence-electron chi connectivity index (χ1n) is 5.76. The molecule has 2 rings (SSSR count). The van der Waals surface area contributed by atoms with Crippen LogP contribution in [0.5, 0.6) is 0 Å². The lowest BCUT2D eigenvalue weighted by Gasteiger charge is -2.22. The lowest BCUT2D eigenvalue weighted by atomic mass is 9.90. The average molecular weight is 376 g/mol. The Morgan fingerprint density at radius 2 is 2.26 bits per heavy atom. The first-order valence-corrected chi connectivity index (χ1v) is 6.84. The highest BCUT2D eigenvalue weighted by molar-refractivity contribution is 14.1. The summed E-state index contributed by atoms with van der Waals surface area (Å²) in [4.78, 5) is 23.4. The molecule has 6 nitrogen and oxygen atoms in total. The number of aliphatic carboxylic acids is 1. The van der Waals surface area contributed by atoms with E-state index in [0.29, 0.717) is 19.5 Å². The van der Waals surface area contributed by atoms with Gasteiger partial charge in [0.2, 0.25) is 0 Å². The van der Waals surface area contributed by atoms with Gasteiger partial charge in [0.1, 0.15) is 0 Å². The van der Waals surface area contributed by atoms with Crippen LogP contribution in [0.2, 0.25) is 0 Å². The van der Waals surface area contributed by atoms with E-state index in [2.05, 4.69) is 0 Å². The highest BCUT2D eigenvalue weighted by Gasteiger charge is 2.40. The molecule has 0 radical (unpaired) electrons. The van der Waals surface area contributed by atoms with Crippen LogP contribution in [0.3, 0.4) is 0 Å². The van der Waals surface area contributed by atoms with Crippen molar-refractivity contribution in [2.45, 2.75) is 13.3 Å². The predicted octanol–water partition coefficient (Wildman–Crippen LogP) is 2.50. The van der Waals surface area contributed by atoms with Crippen molar-refractivity contribution < 1.29 is 14.8 Å². The quantitative estimate of drug-likeness (QED) is 0.498. The minimum atomic E-state index is -0.799. The number of hydrogen-bond donors (Lipinski definition) is 1. The summed E-state index contributed by atoms with van der Waals surface area (Å²) in [5, 5.41) is 19.9. The van der Waals surface area contributed by atoms with Crippen LogP contribution in [0, 0.1) is 19.1 Å². The van der Waals surface area contributed by atoms with E-state index < -0.39 is 16.3 Å². The molecule has 0 spiro atoms. The number of benzene rings is 1. The third-order valence-corrected chi connectivity index (χ3v) is 4.34. The number of non-ortho nitro benzene ring substituents is 1. The molecule has 0 bridgehead atoms. The lowest BCUT2D eigenvalue weighted by molar-refractivity contribution is -0.384. The Morgan fingerprint density at radius 1 is 1.58 bits per heavy atom. The minimum Gasteiger partial charge on any atom is -0.481 e. The predicted molar refractivity (Wildman–Crippen MR) is 78.4 cm³/mol. The van der Waals surface area contributed by atoms with Gasteiger partial charge in [-0.1, -0.05) is 0 Å². The number of anilines is 1. The van der Waals surface area contributed by atoms with Gasteiger partial charge in [-0.3, -0.25) is 14.9 Å². The van der Waals surface area contributed by atoms with Crippen LogP contribution in [0.25, 0.3) is 0 Å². The number of carbonyl (C=O) groups is 1. The second kappa shape index (κ2) is 4.95. The monoisotopic (exact) mass is 376 g/mol. The highest BCUT2D eigenvalue weighted by Crippen LogP contribution is 2.36. The third kappa shape index (κ3) is 2.65. The average Bonchev–Trinajstić information content (AvgIpc) is 2.73. The Kier molecular flexibility index (Phi) is 3.66. The SMILES string of the molecule is CC1(C(=O)O)CCN(c2ccc([N+](=O)[O-])cc2I)C1. The van der Waals surface area contributed by atoms with Gasteiger partial charge < -0.3 is 10.0 Å².